The second-order valence-electron chi connectivity index (χ2n) is 5.36. The molecule has 0 bridgehead atoms. The van der Waals surface area contributed by atoms with Gasteiger partial charge in [-0.15, -0.1) is 0 Å². The first kappa shape index (κ1) is 16.8. The molecule has 0 unspecified atom stereocenters. The molecule has 0 atom stereocenters. The number of unbranched alkanes of at least 4 members (excludes halogenated alkanes) is 1. The first-order valence-electron chi connectivity index (χ1n) is 7.00. The second-order valence-corrected chi connectivity index (χ2v) is 7.44. The highest BCUT2D eigenvalue weighted by Crippen LogP contribution is 2.09. The lowest BCUT2D eigenvalue weighted by atomic mass is 10.3. The molecule has 0 aromatic rings. The Morgan fingerprint density at radius 3 is 2.26 bits per heavy atom. The Kier molecular flexibility index (Phi) is 7.23. The van der Waals surface area contributed by atoms with Crippen LogP contribution in [-0.4, -0.2) is 88.2 Å². The summed E-state index contributed by atoms with van der Waals surface area (Å²) in [4.78, 5) is 4.47. The summed E-state index contributed by atoms with van der Waals surface area (Å²) < 4.78 is 25.8. The summed E-state index contributed by atoms with van der Waals surface area (Å²) in [6.07, 6.45) is 1.45. The largest absolute Gasteiger partial charge is 0.330 e. The molecule has 19 heavy (non-hydrogen) atoms. The SMILES string of the molecule is CN(C)CCN1CCN(S(=O)(=O)CCCCN)CC1. The molecule has 114 valence electrons. The molecular weight excluding hydrogens is 264 g/mol. The highest BCUT2D eigenvalue weighted by atomic mass is 32.2. The van der Waals surface area contributed by atoms with Gasteiger partial charge < -0.3 is 10.6 Å². The third kappa shape index (κ3) is 6.18. The minimum atomic E-state index is -3.07. The van der Waals surface area contributed by atoms with Crippen molar-refractivity contribution in [2.24, 2.45) is 5.73 Å². The van der Waals surface area contributed by atoms with Crippen LogP contribution in [0.3, 0.4) is 0 Å². The Labute approximate surface area is 117 Å². The Bertz CT molecular complexity index is 338. The van der Waals surface area contributed by atoms with Crippen LogP contribution in [0.2, 0.25) is 0 Å². The maximum Gasteiger partial charge on any atom is 0.214 e. The Hall–Kier alpha value is -0.210. The lowest BCUT2D eigenvalue weighted by Gasteiger charge is -2.34. The van der Waals surface area contributed by atoms with Crippen LogP contribution in [0, 0.1) is 0 Å². The van der Waals surface area contributed by atoms with Crippen molar-refractivity contribution in [1.29, 1.82) is 0 Å². The molecule has 1 heterocycles. The Morgan fingerprint density at radius 2 is 1.74 bits per heavy atom. The zero-order valence-corrected chi connectivity index (χ0v) is 13.0. The second kappa shape index (κ2) is 8.16. The van der Waals surface area contributed by atoms with Gasteiger partial charge in [-0.1, -0.05) is 0 Å². The molecule has 0 spiro atoms. The Balaban J connectivity index is 2.32. The summed E-state index contributed by atoms with van der Waals surface area (Å²) in [7, 11) is 1.04. The van der Waals surface area contributed by atoms with Crippen molar-refractivity contribution >= 4 is 10.0 Å². The summed E-state index contributed by atoms with van der Waals surface area (Å²) in [6.45, 7) is 5.51. The van der Waals surface area contributed by atoms with Crippen LogP contribution in [0.4, 0.5) is 0 Å². The van der Waals surface area contributed by atoms with E-state index in [1.54, 1.807) is 4.31 Å². The lowest BCUT2D eigenvalue weighted by Crippen LogP contribution is -2.50. The number of sulfonamides is 1. The van der Waals surface area contributed by atoms with Gasteiger partial charge in [-0.3, -0.25) is 4.90 Å². The van der Waals surface area contributed by atoms with E-state index in [-0.39, 0.29) is 5.75 Å². The quantitative estimate of drug-likeness (QED) is 0.595. The molecular formula is C12H28N4O2S. The van der Waals surface area contributed by atoms with E-state index in [2.05, 4.69) is 23.9 Å². The van der Waals surface area contributed by atoms with Crippen molar-refractivity contribution in [3.63, 3.8) is 0 Å². The number of piperazine rings is 1. The molecule has 0 aromatic heterocycles. The van der Waals surface area contributed by atoms with Gasteiger partial charge in [0.25, 0.3) is 0 Å². The number of rotatable bonds is 8. The number of likely N-dealkylation sites (N-methyl/N-ethyl adjacent to an activating group) is 1. The molecule has 0 aliphatic carbocycles. The summed E-state index contributed by atoms with van der Waals surface area (Å²) in [5.41, 5.74) is 5.39. The first-order valence-corrected chi connectivity index (χ1v) is 8.61. The predicted molar refractivity (Wildman–Crippen MR) is 78.6 cm³/mol. The molecule has 0 amide bonds. The van der Waals surface area contributed by atoms with E-state index in [0.717, 1.165) is 32.6 Å². The van der Waals surface area contributed by atoms with E-state index in [1.807, 2.05) is 0 Å². The Morgan fingerprint density at radius 1 is 1.11 bits per heavy atom. The maximum atomic E-state index is 12.1. The molecule has 6 nitrogen and oxygen atoms in total. The summed E-state index contributed by atoms with van der Waals surface area (Å²) >= 11 is 0. The predicted octanol–water partition coefficient (Wildman–Crippen LogP) is -0.766. The third-order valence-corrected chi connectivity index (χ3v) is 5.40. The van der Waals surface area contributed by atoms with Crippen molar-refractivity contribution in [1.82, 2.24) is 14.1 Å². The average molecular weight is 292 g/mol. The fourth-order valence-corrected chi connectivity index (χ4v) is 3.68. The lowest BCUT2D eigenvalue weighted by molar-refractivity contribution is 0.174. The van der Waals surface area contributed by atoms with E-state index < -0.39 is 10.0 Å². The van der Waals surface area contributed by atoms with Crippen LogP contribution in [0.25, 0.3) is 0 Å². The van der Waals surface area contributed by atoms with Crippen molar-refractivity contribution in [2.45, 2.75) is 12.8 Å². The normalized spacial score (nSPS) is 19.2. The standard InChI is InChI=1S/C12H28N4O2S/c1-14(2)6-7-15-8-10-16(11-9-15)19(17,18)12-4-3-5-13/h3-13H2,1-2H3. The van der Waals surface area contributed by atoms with E-state index in [9.17, 15) is 8.42 Å². The van der Waals surface area contributed by atoms with Crippen LogP contribution in [0.1, 0.15) is 12.8 Å². The maximum absolute atomic E-state index is 12.1. The minimum Gasteiger partial charge on any atom is -0.330 e. The van der Waals surface area contributed by atoms with Crippen molar-refractivity contribution in [3.8, 4) is 0 Å². The molecule has 1 saturated heterocycles. The van der Waals surface area contributed by atoms with Gasteiger partial charge in [0.15, 0.2) is 0 Å². The van der Waals surface area contributed by atoms with Crippen LogP contribution in [0.5, 0.6) is 0 Å². The fourth-order valence-electron chi connectivity index (χ4n) is 2.13. The summed E-state index contributed by atoms with van der Waals surface area (Å²) in [5, 5.41) is 0. The summed E-state index contributed by atoms with van der Waals surface area (Å²) in [5.74, 6) is 0.238. The van der Waals surface area contributed by atoms with Crippen LogP contribution < -0.4 is 5.73 Å². The molecule has 1 fully saturated rings. The van der Waals surface area contributed by atoms with Crippen molar-refractivity contribution in [3.05, 3.63) is 0 Å². The molecule has 0 aromatic carbocycles. The van der Waals surface area contributed by atoms with Crippen LogP contribution in [-0.2, 0) is 10.0 Å². The van der Waals surface area contributed by atoms with Crippen LogP contribution in [0.15, 0.2) is 0 Å². The zero-order chi connectivity index (χ0) is 14.3. The third-order valence-electron chi connectivity index (χ3n) is 3.44. The molecule has 1 aliphatic rings. The van der Waals surface area contributed by atoms with E-state index in [4.69, 9.17) is 5.73 Å². The summed E-state index contributed by atoms with van der Waals surface area (Å²) in [6, 6.07) is 0. The van der Waals surface area contributed by atoms with Gasteiger partial charge in [-0.05, 0) is 33.5 Å². The van der Waals surface area contributed by atoms with Gasteiger partial charge in [0.2, 0.25) is 10.0 Å². The number of hydrogen-bond donors (Lipinski definition) is 1. The van der Waals surface area contributed by atoms with Gasteiger partial charge in [0, 0.05) is 39.3 Å². The van der Waals surface area contributed by atoms with E-state index in [1.165, 1.54) is 0 Å². The monoisotopic (exact) mass is 292 g/mol. The fraction of sp³-hybridized carbons (Fsp3) is 1.00. The number of hydrogen-bond acceptors (Lipinski definition) is 5. The van der Waals surface area contributed by atoms with Crippen LogP contribution >= 0.6 is 0 Å². The number of nitrogens with two attached hydrogens (primary N) is 1. The molecule has 1 rings (SSSR count). The molecule has 7 heteroatoms. The van der Waals surface area contributed by atoms with Gasteiger partial charge in [-0.2, -0.15) is 4.31 Å². The van der Waals surface area contributed by atoms with E-state index >= 15 is 0 Å². The zero-order valence-electron chi connectivity index (χ0n) is 12.2. The molecule has 0 saturated carbocycles. The first-order chi connectivity index (χ1) is 8.95. The highest BCUT2D eigenvalue weighted by Gasteiger charge is 2.26. The van der Waals surface area contributed by atoms with Gasteiger partial charge in [0.1, 0.15) is 0 Å². The van der Waals surface area contributed by atoms with Gasteiger partial charge in [-0.25, -0.2) is 8.42 Å². The van der Waals surface area contributed by atoms with E-state index in [0.29, 0.717) is 26.1 Å². The molecule has 1 aliphatic heterocycles. The highest BCUT2D eigenvalue weighted by molar-refractivity contribution is 7.89. The van der Waals surface area contributed by atoms with Gasteiger partial charge >= 0.3 is 0 Å². The average Bonchev–Trinajstić information content (AvgIpc) is 2.37. The smallest absolute Gasteiger partial charge is 0.214 e. The van der Waals surface area contributed by atoms with Crippen molar-refractivity contribution < 1.29 is 8.42 Å². The molecule has 0 radical (unpaired) electrons. The number of nitrogens with zero attached hydrogens (tertiary/aromatic N) is 3. The minimum absolute atomic E-state index is 0.238. The van der Waals surface area contributed by atoms with Gasteiger partial charge in [0.05, 0.1) is 5.75 Å². The topological polar surface area (TPSA) is 69.9 Å². The molecule has 2 N–H and O–H groups in total. The van der Waals surface area contributed by atoms with Crippen molar-refractivity contribution in [2.75, 3.05) is 65.7 Å².